The topological polar surface area (TPSA) is 443 Å². The first-order valence-corrected chi connectivity index (χ1v) is 44.3. The molecule has 8 aromatic rings. The summed E-state index contributed by atoms with van der Waals surface area (Å²) in [6.07, 6.45) is 15.3. The summed E-state index contributed by atoms with van der Waals surface area (Å²) >= 11 is 16.8. The second-order valence-electron chi connectivity index (χ2n) is 31.1. The number of carbonyl (C=O) groups is 7. The van der Waals surface area contributed by atoms with Crippen LogP contribution in [0.5, 0.6) is 11.5 Å². The molecule has 0 aliphatic carbocycles. The van der Waals surface area contributed by atoms with Crippen LogP contribution in [0, 0.1) is 64.7 Å². The minimum Gasteiger partial charge on any atom is -0.492 e. The number of fused-ring (bicyclic) bond motifs is 5. The van der Waals surface area contributed by atoms with E-state index in [0.29, 0.717) is 113 Å². The van der Waals surface area contributed by atoms with Crippen molar-refractivity contribution in [3.8, 4) is 51.5 Å². The number of benzene rings is 5. The van der Waals surface area contributed by atoms with Crippen LogP contribution in [0.3, 0.4) is 0 Å². The Labute approximate surface area is 757 Å². The molecule has 27 nitrogen and oxygen atoms in total. The standard InChI is InChI=1S/C55H72N8O7.C21H28N2O2.C8H9ClN2O2.C6H5BCl2O2.C4H11BO2/c1-7-9-12-38-16-17-41(31-39(38)13-10-8-2)53-60-35(4)51(36(5)61-53)47(65)33-42(21-23-57)55(68)63(6)52-40-18-20-50(70-27-25-59)44(32-40)43-29-37(15-19-49(43)69-26-24-58)30-45(46(64)14-11-22-56)62-54(67)34(3)28-48(52)66;1-5-7-9-16-11-12-18(13-17(16)10-8-6-2)20-22-14(3)19(21(24)25)15(4)23-20;1-4-6(7(12)13-3)5(2)11-8(9)10-4;8-5-2-1-4(7(10)11)3-6(5)9;1-2-3-4-5(6)7/h15-20,29,31-32,34,42,45,52H,7-14,21,23-28,30,33,57-59H2,1-6H3,(H,62,67);11-13H,5-10H2,1-4H3,(H,24,25);1-3H3;1-3,10-11H;6-7H,2-4H2,1H3/t34-,42-,45+,52+;;;;/m1..../s1. The molecule has 4 atom stereocenters. The number of halogens is 3. The van der Waals surface area contributed by atoms with Crippen LogP contribution in [0.15, 0.2) is 91.0 Å². The summed E-state index contributed by atoms with van der Waals surface area (Å²) in [4.78, 5) is 122. The molecule has 4 bridgehead atoms. The van der Waals surface area contributed by atoms with Crippen molar-refractivity contribution in [3.63, 3.8) is 0 Å². The van der Waals surface area contributed by atoms with Crippen LogP contribution in [-0.4, -0.2) is 168 Å². The number of nitrogens with zero attached hydrogens (tertiary/aromatic N) is 8. The van der Waals surface area contributed by atoms with E-state index in [4.69, 9.17) is 91.5 Å². The van der Waals surface area contributed by atoms with Gasteiger partial charge in [-0.15, -0.1) is 0 Å². The Morgan fingerprint density at radius 2 is 1.08 bits per heavy atom. The third-order valence-electron chi connectivity index (χ3n) is 21.2. The first-order chi connectivity index (χ1) is 60.1. The fourth-order valence-electron chi connectivity index (χ4n) is 14.5. The average molecular weight is 1790 g/mol. The van der Waals surface area contributed by atoms with Crippen LogP contribution < -0.4 is 37.5 Å². The fraction of sp³-hybridized carbons (Fsp3) is 0.468. The monoisotopic (exact) mass is 1790 g/mol. The summed E-state index contributed by atoms with van der Waals surface area (Å²) in [5.41, 5.74) is 31.6. The van der Waals surface area contributed by atoms with Gasteiger partial charge in [0.15, 0.2) is 29.0 Å². The molecule has 1 aliphatic heterocycles. The van der Waals surface area contributed by atoms with Gasteiger partial charge >= 0.3 is 26.2 Å². The molecular formula is C94H125B2Cl3N12O15. The number of carboxylic acid groups (broad SMARTS) is 1. The number of aryl methyl sites for hydroxylation is 10. The number of ketones is 3. The van der Waals surface area contributed by atoms with E-state index >= 15 is 0 Å². The van der Waals surface area contributed by atoms with Gasteiger partial charge in [0.05, 0.1) is 69.0 Å². The van der Waals surface area contributed by atoms with Crippen molar-refractivity contribution >= 4 is 95.6 Å². The van der Waals surface area contributed by atoms with Gasteiger partial charge in [0.2, 0.25) is 17.1 Å². The summed E-state index contributed by atoms with van der Waals surface area (Å²) in [6, 6.07) is 27.6. The maximum Gasteiger partial charge on any atom is 0.488 e. The molecule has 9 rings (SSSR count). The first kappa shape index (κ1) is 107. The van der Waals surface area contributed by atoms with Gasteiger partial charge in [0.25, 0.3) is 0 Å². The quantitative estimate of drug-likeness (QED) is 0.00762. The minimum absolute atomic E-state index is 0.0305. The van der Waals surface area contributed by atoms with Crippen molar-refractivity contribution in [1.29, 1.82) is 5.26 Å². The van der Waals surface area contributed by atoms with Crippen molar-refractivity contribution in [3.05, 3.63) is 191 Å². The number of hydrogen-bond acceptors (Lipinski definition) is 24. The largest absolute Gasteiger partial charge is 0.492 e. The van der Waals surface area contributed by atoms with Gasteiger partial charge in [0.1, 0.15) is 41.9 Å². The van der Waals surface area contributed by atoms with E-state index in [1.165, 1.54) is 85.2 Å². The highest BCUT2D eigenvalue weighted by Crippen LogP contribution is 2.42. The molecule has 0 fully saturated rings. The highest BCUT2D eigenvalue weighted by Gasteiger charge is 2.37. The Kier molecular flexibility index (Phi) is 46.5. The third-order valence-corrected chi connectivity index (χ3v) is 22.1. The second-order valence-corrected chi connectivity index (χ2v) is 32.3. The van der Waals surface area contributed by atoms with Crippen molar-refractivity contribution < 1.29 is 73.0 Å². The third kappa shape index (κ3) is 32.4. The van der Waals surface area contributed by atoms with Gasteiger partial charge in [-0.3, -0.25) is 24.0 Å². The van der Waals surface area contributed by atoms with Gasteiger partial charge in [-0.2, -0.15) is 5.26 Å². The highest BCUT2D eigenvalue weighted by atomic mass is 35.5. The number of esters is 1. The number of nitrogens with one attached hydrogen (secondary N) is 1. The van der Waals surface area contributed by atoms with Crippen molar-refractivity contribution in [2.24, 2.45) is 29.0 Å². The van der Waals surface area contributed by atoms with Crippen molar-refractivity contribution in [2.45, 2.75) is 230 Å². The van der Waals surface area contributed by atoms with Crippen LogP contribution in [0.4, 0.5) is 0 Å². The summed E-state index contributed by atoms with van der Waals surface area (Å²) in [7, 11) is 0.239. The van der Waals surface area contributed by atoms with Crippen molar-refractivity contribution in [2.75, 3.05) is 47.0 Å². The maximum atomic E-state index is 14.9. The normalized spacial score (nSPS) is 13.6. The van der Waals surface area contributed by atoms with E-state index in [1.54, 1.807) is 78.8 Å². The molecule has 2 amide bonds. The van der Waals surface area contributed by atoms with Crippen LogP contribution in [0.2, 0.25) is 21.6 Å². The lowest BCUT2D eigenvalue weighted by atomic mass is 9.80. The fourth-order valence-corrected chi connectivity index (χ4v) is 15.0. The highest BCUT2D eigenvalue weighted by molar-refractivity contribution is 6.59. The van der Waals surface area contributed by atoms with Gasteiger partial charge in [-0.05, 0) is 218 Å². The molecule has 0 saturated heterocycles. The SMILES string of the molecule is CCCCB(O)O.CCCCc1ccc(-c2nc(C)c(C(=O)C[C@@H](CCN)C(=O)N(C)[C@@H]3C(=O)C[C@@H](C)C(=O)N[C@H](C(=O)CCC#N)Cc4ccc(OCCN)c(c4)-c4cc3ccc4OCCN)c(C)n2)cc1CCCC.CCCCc1ccc(-c2nc(C)c(C(=O)O)c(C)n2)cc1CCCC.COC(=O)c1c(C)nc(Cl)nc1C.OB(O)c1ccc(Cl)c(Cl)c1. The average Bonchev–Trinajstić information content (AvgIpc) is 0.802. The van der Waals surface area contributed by atoms with Gasteiger partial charge < -0.3 is 66.8 Å². The molecule has 0 radical (unpaired) electrons. The number of nitriles is 1. The van der Waals surface area contributed by atoms with E-state index in [1.807, 2.05) is 25.1 Å². The number of hydrogen-bond donors (Lipinski definition) is 9. The molecule has 4 heterocycles. The van der Waals surface area contributed by atoms with E-state index in [2.05, 4.69) is 88.0 Å². The summed E-state index contributed by atoms with van der Waals surface area (Å²) in [5, 5.41) is 56.1. The molecule has 126 heavy (non-hydrogen) atoms. The summed E-state index contributed by atoms with van der Waals surface area (Å²) in [6.45, 7) is 23.7. The molecule has 678 valence electrons. The molecule has 0 saturated carbocycles. The molecule has 32 heteroatoms. The molecule has 5 aromatic carbocycles. The molecule has 12 N–H and O–H groups in total. The van der Waals surface area contributed by atoms with Crippen molar-refractivity contribution in [1.82, 2.24) is 40.1 Å². The van der Waals surface area contributed by atoms with Crippen LogP contribution in [0.1, 0.15) is 243 Å². The van der Waals surface area contributed by atoms with E-state index < -0.39 is 67.7 Å². The lowest BCUT2D eigenvalue weighted by molar-refractivity contribution is -0.142. The van der Waals surface area contributed by atoms with Gasteiger partial charge in [-0.1, -0.05) is 146 Å². The predicted octanol–water partition coefficient (Wildman–Crippen LogP) is 14.6. The van der Waals surface area contributed by atoms with Crippen LogP contribution in [0.25, 0.3) is 33.9 Å². The molecular weight excluding hydrogens is 1670 g/mol. The Bertz CT molecular complexity index is 4950. The second kappa shape index (κ2) is 54.9. The number of rotatable bonds is 36. The Morgan fingerprint density at radius 3 is 1.52 bits per heavy atom. The molecule has 0 spiro atoms. The summed E-state index contributed by atoms with van der Waals surface area (Å²) < 4.78 is 16.9. The van der Waals surface area contributed by atoms with Crippen LogP contribution >= 0.6 is 34.8 Å². The minimum atomic E-state index is -1.50. The first-order valence-electron chi connectivity index (χ1n) is 43.2. The molecule has 0 unspecified atom stereocenters. The van der Waals surface area contributed by atoms with E-state index in [9.17, 15) is 43.9 Å². The number of carbonyl (C=O) groups excluding carboxylic acids is 6. The number of aromatic nitrogens is 6. The zero-order chi connectivity index (χ0) is 93.4. The smallest absolute Gasteiger partial charge is 0.488 e. The number of carboxylic acids is 1. The van der Waals surface area contributed by atoms with Crippen LogP contribution in [-0.2, 0) is 56.0 Å². The Hall–Kier alpha value is -9.96. The zero-order valence-corrected chi connectivity index (χ0v) is 77.5. The number of methoxy groups -OCH3 is 1. The zero-order valence-electron chi connectivity index (χ0n) is 75.3. The molecule has 3 aromatic heterocycles. The number of likely N-dealkylation sites (N-methyl/N-ethyl adjacent to an activating group) is 1. The lowest BCUT2D eigenvalue weighted by Crippen LogP contribution is -2.46. The number of ether oxygens (including phenoxy) is 3. The number of nitrogens with two attached hydrogens (primary N) is 3. The van der Waals surface area contributed by atoms with Gasteiger partial charge in [-0.25, -0.2) is 39.5 Å². The van der Waals surface area contributed by atoms with Gasteiger partial charge in [0, 0.05) is 79.9 Å². The predicted molar refractivity (Wildman–Crippen MR) is 496 cm³/mol. The van der Waals surface area contributed by atoms with E-state index in [-0.39, 0.29) is 93.8 Å². The Morgan fingerprint density at radius 1 is 0.595 bits per heavy atom. The van der Waals surface area contributed by atoms with E-state index in [0.717, 1.165) is 75.3 Å². The number of aromatic carboxylic acids is 1. The number of unbranched alkanes of at least 4 members (excludes halogenated alkanes) is 5. The lowest BCUT2D eigenvalue weighted by Gasteiger charge is -2.32. The number of amides is 2. The summed E-state index contributed by atoms with van der Waals surface area (Å²) in [5.74, 6) is -3.40. The maximum absolute atomic E-state index is 14.9. The molecule has 1 aliphatic rings. The number of Topliss-reactive ketones (excluding diaryl/α,β-unsaturated/α-hetero) is 3. The Balaban J connectivity index is 0.000000399.